The largest absolute Gasteiger partial charge is 0.383 e. The van der Waals surface area contributed by atoms with Crippen LogP contribution in [0.25, 0.3) is 17.0 Å². The van der Waals surface area contributed by atoms with Gasteiger partial charge in [-0.1, -0.05) is 24.3 Å². The maximum atomic E-state index is 6.49. The number of fused-ring (bicyclic) bond motifs is 3. The summed E-state index contributed by atoms with van der Waals surface area (Å²) in [6.45, 7) is 5.94. The lowest BCUT2D eigenvalue weighted by molar-refractivity contribution is -0.305. The number of halogens is 1. The molecule has 2 saturated carbocycles. The van der Waals surface area contributed by atoms with E-state index in [2.05, 4.69) is 72.5 Å². The molecule has 4 atom stereocenters. The Kier molecular flexibility index (Phi) is 6.28. The zero-order valence-electron chi connectivity index (χ0n) is 22.4. The molecule has 3 N–H and O–H groups in total. The van der Waals surface area contributed by atoms with Crippen molar-refractivity contribution in [3.63, 3.8) is 0 Å². The number of nitrogen functional groups attached to an aromatic ring is 1. The fourth-order valence-electron chi connectivity index (χ4n) is 6.48. The first kappa shape index (κ1) is 25.2. The number of nitrogens with two attached hydrogens (primary N) is 1. The first-order chi connectivity index (χ1) is 18.8. The normalized spacial score (nSPS) is 27.7. The number of pyridine rings is 1. The standard InChI is InChI=1S/C30H35BrN6O2/c1-30(2)38-25(22-13-20(14-26(22)39-30)37-10-9-21-27(32)34-16-35-29(21)37)8-6-17-5-7-19-12-23(31)28(36-24(19)11-17)33-15-18-3-4-18/h5-8,11-12,16,18,20,22,25-26H,3-4,9-10,13-15H2,1-2H3,(H,33,36)(H2,32,34,35)/b8-6+/t20?,22?,25-,26?/m1/s1. The number of hydrogen-bond donors (Lipinski definition) is 2. The number of anilines is 3. The lowest BCUT2D eigenvalue weighted by atomic mass is 9.95. The van der Waals surface area contributed by atoms with E-state index in [1.54, 1.807) is 6.33 Å². The summed E-state index contributed by atoms with van der Waals surface area (Å²) in [5.74, 6) is 2.93. The molecule has 0 radical (unpaired) electrons. The molecular formula is C30H35BrN6O2. The van der Waals surface area contributed by atoms with Crippen molar-refractivity contribution in [2.24, 2.45) is 11.8 Å². The number of nitrogens with zero attached hydrogens (tertiary/aromatic N) is 4. The van der Waals surface area contributed by atoms with Gasteiger partial charge in [-0.25, -0.2) is 15.0 Å². The summed E-state index contributed by atoms with van der Waals surface area (Å²) < 4.78 is 13.9. The number of nitrogens with one attached hydrogen (secondary N) is 1. The molecule has 2 aliphatic heterocycles. The number of benzene rings is 1. The van der Waals surface area contributed by atoms with E-state index in [4.69, 9.17) is 20.2 Å². The summed E-state index contributed by atoms with van der Waals surface area (Å²) in [6.07, 6.45) is 11.5. The van der Waals surface area contributed by atoms with Gasteiger partial charge in [-0.3, -0.25) is 0 Å². The predicted molar refractivity (Wildman–Crippen MR) is 158 cm³/mol. The van der Waals surface area contributed by atoms with E-state index in [1.165, 1.54) is 12.8 Å². The van der Waals surface area contributed by atoms with Crippen LogP contribution in [0.3, 0.4) is 0 Å². The summed E-state index contributed by atoms with van der Waals surface area (Å²) >= 11 is 3.68. The molecule has 9 heteroatoms. The van der Waals surface area contributed by atoms with Crippen molar-refractivity contribution in [3.8, 4) is 0 Å². The van der Waals surface area contributed by atoms with Crippen LogP contribution in [0.4, 0.5) is 17.5 Å². The molecule has 2 aromatic heterocycles. The lowest BCUT2D eigenvalue weighted by Crippen LogP contribution is -2.48. The molecular weight excluding hydrogens is 556 g/mol. The summed E-state index contributed by atoms with van der Waals surface area (Å²) in [4.78, 5) is 16.1. The van der Waals surface area contributed by atoms with E-state index in [1.807, 2.05) is 13.8 Å². The van der Waals surface area contributed by atoms with Gasteiger partial charge in [0.25, 0.3) is 0 Å². The van der Waals surface area contributed by atoms with Gasteiger partial charge in [-0.15, -0.1) is 0 Å². The van der Waals surface area contributed by atoms with Crippen molar-refractivity contribution in [1.29, 1.82) is 0 Å². The van der Waals surface area contributed by atoms with Crippen molar-refractivity contribution < 1.29 is 9.47 Å². The van der Waals surface area contributed by atoms with Crippen molar-refractivity contribution in [3.05, 3.63) is 52.3 Å². The Morgan fingerprint density at radius 1 is 1.18 bits per heavy atom. The molecule has 4 heterocycles. The molecule has 3 aromatic rings. The summed E-state index contributed by atoms with van der Waals surface area (Å²) in [5, 5.41) is 4.63. The van der Waals surface area contributed by atoms with Gasteiger partial charge in [-0.05, 0) is 85.5 Å². The molecule has 3 unspecified atom stereocenters. The number of ether oxygens (including phenoxy) is 2. The minimum absolute atomic E-state index is 0.0364. The van der Waals surface area contributed by atoms with E-state index in [0.29, 0.717) is 11.9 Å². The van der Waals surface area contributed by atoms with Crippen LogP contribution >= 0.6 is 15.9 Å². The molecule has 39 heavy (non-hydrogen) atoms. The fraction of sp³-hybridized carbons (Fsp3) is 0.500. The second-order valence-electron chi connectivity index (χ2n) is 11.9. The average molecular weight is 592 g/mol. The van der Waals surface area contributed by atoms with Crippen LogP contribution in [0.15, 0.2) is 41.1 Å². The molecule has 4 aliphatic rings. The number of hydrogen-bond acceptors (Lipinski definition) is 8. The van der Waals surface area contributed by atoms with Crippen molar-refractivity contribution in [2.45, 2.75) is 70.0 Å². The zero-order chi connectivity index (χ0) is 26.7. The Hall–Kier alpha value is -2.75. The third kappa shape index (κ3) is 5.00. The molecule has 0 spiro atoms. The summed E-state index contributed by atoms with van der Waals surface area (Å²) in [6, 6.07) is 8.93. The third-order valence-corrected chi connectivity index (χ3v) is 9.21. The minimum Gasteiger partial charge on any atom is -0.383 e. The number of rotatable bonds is 6. The van der Waals surface area contributed by atoms with Crippen LogP contribution in [0.2, 0.25) is 0 Å². The summed E-state index contributed by atoms with van der Waals surface area (Å²) in [7, 11) is 0. The smallest absolute Gasteiger partial charge is 0.163 e. The van der Waals surface area contributed by atoms with E-state index in [-0.39, 0.29) is 18.1 Å². The van der Waals surface area contributed by atoms with E-state index in [9.17, 15) is 0 Å². The van der Waals surface area contributed by atoms with Crippen LogP contribution in [-0.4, -0.2) is 52.1 Å². The molecule has 3 fully saturated rings. The Labute approximate surface area is 237 Å². The van der Waals surface area contributed by atoms with E-state index >= 15 is 0 Å². The van der Waals surface area contributed by atoms with Crippen molar-refractivity contribution in [1.82, 2.24) is 15.0 Å². The maximum Gasteiger partial charge on any atom is 0.163 e. The molecule has 0 amide bonds. The van der Waals surface area contributed by atoms with Gasteiger partial charge < -0.3 is 25.4 Å². The Bertz CT molecular complexity index is 1440. The van der Waals surface area contributed by atoms with Crippen LogP contribution in [0.5, 0.6) is 0 Å². The number of aromatic nitrogens is 3. The van der Waals surface area contributed by atoms with Gasteiger partial charge in [0.15, 0.2) is 5.79 Å². The first-order valence-electron chi connectivity index (χ1n) is 14.1. The monoisotopic (exact) mass is 590 g/mol. The molecule has 1 saturated heterocycles. The summed E-state index contributed by atoms with van der Waals surface area (Å²) in [5.41, 5.74) is 9.31. The Balaban J connectivity index is 1.11. The van der Waals surface area contributed by atoms with E-state index < -0.39 is 5.79 Å². The molecule has 7 rings (SSSR count). The van der Waals surface area contributed by atoms with E-state index in [0.717, 1.165) is 76.4 Å². The quantitative estimate of drug-likeness (QED) is 0.384. The van der Waals surface area contributed by atoms with Crippen LogP contribution in [0.1, 0.15) is 50.7 Å². The molecule has 2 aliphatic carbocycles. The van der Waals surface area contributed by atoms with Gasteiger partial charge in [0, 0.05) is 36.0 Å². The maximum absolute atomic E-state index is 6.49. The highest BCUT2D eigenvalue weighted by atomic mass is 79.9. The zero-order valence-corrected chi connectivity index (χ0v) is 24.0. The SMILES string of the molecule is CC1(C)OC2CC(N3CCc4c(N)ncnc43)CC2[C@@H](/C=C/c2ccc3cc(Br)c(NCC4CC4)nc3c2)O1. The predicted octanol–water partition coefficient (Wildman–Crippen LogP) is 5.57. The highest BCUT2D eigenvalue weighted by Crippen LogP contribution is 2.45. The molecule has 8 nitrogen and oxygen atoms in total. The molecule has 204 valence electrons. The minimum atomic E-state index is -0.639. The topological polar surface area (TPSA) is 98.4 Å². The van der Waals surface area contributed by atoms with Gasteiger partial charge in [0.05, 0.1) is 22.2 Å². The second-order valence-corrected chi connectivity index (χ2v) is 12.7. The van der Waals surface area contributed by atoms with Gasteiger partial charge in [0.2, 0.25) is 0 Å². The van der Waals surface area contributed by atoms with Gasteiger partial charge in [-0.2, -0.15) is 0 Å². The Morgan fingerprint density at radius 2 is 2.05 bits per heavy atom. The van der Waals surface area contributed by atoms with Crippen molar-refractivity contribution in [2.75, 3.05) is 29.0 Å². The lowest BCUT2D eigenvalue weighted by Gasteiger charge is -2.42. The van der Waals surface area contributed by atoms with Gasteiger partial charge >= 0.3 is 0 Å². The van der Waals surface area contributed by atoms with Crippen molar-refractivity contribution >= 4 is 50.4 Å². The third-order valence-electron chi connectivity index (χ3n) is 8.60. The van der Waals surface area contributed by atoms with Gasteiger partial charge in [0.1, 0.15) is 23.8 Å². The van der Waals surface area contributed by atoms with Crippen LogP contribution < -0.4 is 16.0 Å². The van der Waals surface area contributed by atoms with Crippen LogP contribution in [-0.2, 0) is 15.9 Å². The molecule has 0 bridgehead atoms. The highest BCUT2D eigenvalue weighted by molar-refractivity contribution is 9.10. The average Bonchev–Trinajstić information content (AvgIpc) is 3.47. The molecule has 1 aromatic carbocycles. The van der Waals surface area contributed by atoms with Crippen LogP contribution in [0, 0.1) is 11.8 Å². The second kappa shape index (κ2) is 9.71. The highest BCUT2D eigenvalue weighted by Gasteiger charge is 2.49. The fourth-order valence-corrected chi connectivity index (χ4v) is 6.96. The Morgan fingerprint density at radius 3 is 2.90 bits per heavy atom. The first-order valence-corrected chi connectivity index (χ1v) is 14.9.